The van der Waals surface area contributed by atoms with Crippen LogP contribution in [0.2, 0.25) is 0 Å². The monoisotopic (exact) mass is 529 g/mol. The summed E-state index contributed by atoms with van der Waals surface area (Å²) in [5.41, 5.74) is 8.25. The summed E-state index contributed by atoms with van der Waals surface area (Å²) in [6.07, 6.45) is 0. The molecule has 0 unspecified atom stereocenters. The molecule has 2 aromatic heterocycles. The number of anilines is 3. The third-order valence-corrected chi connectivity index (χ3v) is 7.34. The van der Waals surface area contributed by atoms with Crippen LogP contribution in [0.3, 0.4) is 0 Å². The van der Waals surface area contributed by atoms with Crippen molar-refractivity contribution in [2.75, 3.05) is 4.90 Å². The van der Waals surface area contributed by atoms with E-state index in [-0.39, 0.29) is 0 Å². The molecule has 194 valence electrons. The third kappa shape index (κ3) is 4.12. The maximum atomic E-state index is 6.02. The van der Waals surface area contributed by atoms with E-state index in [1.807, 2.05) is 48.5 Å². The number of para-hydroxylation sites is 4. The molecule has 0 saturated carbocycles. The number of rotatable bonds is 5. The van der Waals surface area contributed by atoms with E-state index in [4.69, 9.17) is 8.83 Å². The Morgan fingerprint density at radius 1 is 0.439 bits per heavy atom. The van der Waals surface area contributed by atoms with Crippen LogP contribution in [0.15, 0.2) is 148 Å². The first kappa shape index (κ1) is 23.2. The Kier molecular flexibility index (Phi) is 5.38. The molecule has 0 N–H and O–H groups in total. The summed E-state index contributed by atoms with van der Waals surface area (Å²) in [6, 6.07) is 47.2. The first-order valence-corrected chi connectivity index (χ1v) is 13.5. The molecule has 0 saturated heterocycles. The molecule has 0 amide bonds. The molecule has 5 nitrogen and oxygen atoms in total. The van der Waals surface area contributed by atoms with Gasteiger partial charge in [0.2, 0.25) is 11.8 Å². The Bertz CT molecular complexity index is 1970. The maximum Gasteiger partial charge on any atom is 0.227 e. The summed E-state index contributed by atoms with van der Waals surface area (Å²) in [4.78, 5) is 11.6. The van der Waals surface area contributed by atoms with Gasteiger partial charge < -0.3 is 13.7 Å². The molecule has 0 aliphatic heterocycles. The number of oxazole rings is 2. The second kappa shape index (κ2) is 9.50. The van der Waals surface area contributed by atoms with Gasteiger partial charge in [0.25, 0.3) is 0 Å². The van der Waals surface area contributed by atoms with Crippen molar-refractivity contribution in [1.82, 2.24) is 9.97 Å². The molecule has 0 fully saturated rings. The number of nitrogens with zero attached hydrogens (tertiary/aromatic N) is 3. The fourth-order valence-corrected chi connectivity index (χ4v) is 5.33. The van der Waals surface area contributed by atoms with Crippen LogP contribution in [0.1, 0.15) is 0 Å². The van der Waals surface area contributed by atoms with E-state index in [9.17, 15) is 0 Å². The lowest BCUT2D eigenvalue weighted by Gasteiger charge is -2.27. The van der Waals surface area contributed by atoms with E-state index in [0.29, 0.717) is 11.8 Å². The highest BCUT2D eigenvalue weighted by molar-refractivity contribution is 5.99. The second-order valence-electron chi connectivity index (χ2n) is 9.90. The molecule has 0 radical (unpaired) electrons. The molecule has 0 aliphatic rings. The lowest BCUT2D eigenvalue weighted by molar-refractivity contribution is 0.619. The van der Waals surface area contributed by atoms with Crippen molar-refractivity contribution in [2.24, 2.45) is 0 Å². The first-order chi connectivity index (χ1) is 20.3. The van der Waals surface area contributed by atoms with Gasteiger partial charge in [-0.15, -0.1) is 0 Å². The van der Waals surface area contributed by atoms with Gasteiger partial charge in [-0.05, 0) is 84.2 Å². The van der Waals surface area contributed by atoms with Crippen LogP contribution in [0, 0.1) is 0 Å². The molecule has 41 heavy (non-hydrogen) atoms. The van der Waals surface area contributed by atoms with Crippen LogP contribution in [0.5, 0.6) is 0 Å². The number of benzene rings is 6. The highest BCUT2D eigenvalue weighted by Crippen LogP contribution is 2.40. The van der Waals surface area contributed by atoms with Gasteiger partial charge in [-0.3, -0.25) is 0 Å². The van der Waals surface area contributed by atoms with Crippen LogP contribution in [0.25, 0.3) is 55.9 Å². The summed E-state index contributed by atoms with van der Waals surface area (Å²) in [6.45, 7) is 0. The summed E-state index contributed by atoms with van der Waals surface area (Å²) in [5.74, 6) is 1.22. The smallest absolute Gasteiger partial charge is 0.227 e. The largest absolute Gasteiger partial charge is 0.436 e. The van der Waals surface area contributed by atoms with Crippen molar-refractivity contribution in [3.8, 4) is 22.9 Å². The highest BCUT2D eigenvalue weighted by atomic mass is 16.4. The molecule has 0 bridgehead atoms. The molecular formula is C36H23N3O2. The van der Waals surface area contributed by atoms with Crippen LogP contribution >= 0.6 is 0 Å². The summed E-state index contributed by atoms with van der Waals surface area (Å²) < 4.78 is 12.0. The number of aromatic nitrogens is 2. The van der Waals surface area contributed by atoms with E-state index in [1.54, 1.807) is 0 Å². The molecule has 6 aromatic carbocycles. The summed E-state index contributed by atoms with van der Waals surface area (Å²) in [5, 5.41) is 2.35. The normalized spacial score (nSPS) is 11.4. The van der Waals surface area contributed by atoms with Crippen molar-refractivity contribution >= 4 is 50.0 Å². The summed E-state index contributed by atoms with van der Waals surface area (Å²) >= 11 is 0. The zero-order chi connectivity index (χ0) is 27.2. The zero-order valence-corrected chi connectivity index (χ0v) is 21.9. The Morgan fingerprint density at radius 2 is 0.927 bits per heavy atom. The predicted molar refractivity (Wildman–Crippen MR) is 165 cm³/mol. The number of hydrogen-bond donors (Lipinski definition) is 0. The Hall–Kier alpha value is -5.68. The zero-order valence-electron chi connectivity index (χ0n) is 21.9. The van der Waals surface area contributed by atoms with Crippen LogP contribution in [0.4, 0.5) is 17.1 Å². The topological polar surface area (TPSA) is 55.3 Å². The molecule has 0 atom stereocenters. The molecule has 5 heteroatoms. The maximum absolute atomic E-state index is 6.02. The minimum atomic E-state index is 0.608. The van der Waals surface area contributed by atoms with Crippen LogP contribution < -0.4 is 4.90 Å². The van der Waals surface area contributed by atoms with Crippen molar-refractivity contribution in [1.29, 1.82) is 0 Å². The van der Waals surface area contributed by atoms with E-state index >= 15 is 0 Å². The standard InChI is InChI=1S/C36H23N3O2/c1-2-10-29-24(8-1)9-7-13-32(29)39(27-20-16-25(17-21-27)35-37-30-11-3-5-14-33(30)40-35)28-22-18-26(19-23-28)36-38-31-12-4-6-15-34(31)41-36/h1-23H. The molecule has 0 aliphatic carbocycles. The van der Waals surface area contributed by atoms with Gasteiger partial charge in [0.1, 0.15) is 11.0 Å². The van der Waals surface area contributed by atoms with E-state index in [2.05, 4.69) is 106 Å². The second-order valence-corrected chi connectivity index (χ2v) is 9.90. The number of fused-ring (bicyclic) bond motifs is 3. The quantitative estimate of drug-likeness (QED) is 0.222. The average Bonchev–Trinajstić information content (AvgIpc) is 3.67. The predicted octanol–water partition coefficient (Wildman–Crippen LogP) is 9.93. The van der Waals surface area contributed by atoms with E-state index in [1.165, 1.54) is 10.8 Å². The molecule has 2 heterocycles. The lowest BCUT2D eigenvalue weighted by atomic mass is 10.1. The number of hydrogen-bond acceptors (Lipinski definition) is 5. The van der Waals surface area contributed by atoms with E-state index < -0.39 is 0 Å². The van der Waals surface area contributed by atoms with Gasteiger partial charge in [0.15, 0.2) is 11.2 Å². The minimum Gasteiger partial charge on any atom is -0.436 e. The van der Waals surface area contributed by atoms with Crippen LogP contribution in [-0.4, -0.2) is 9.97 Å². The average molecular weight is 530 g/mol. The summed E-state index contributed by atoms with van der Waals surface area (Å²) in [7, 11) is 0. The van der Waals surface area contributed by atoms with Gasteiger partial charge in [-0.1, -0.05) is 60.7 Å². The van der Waals surface area contributed by atoms with E-state index in [0.717, 1.165) is 50.4 Å². The SMILES string of the molecule is c1ccc2c(N(c3ccc(-c4nc5ccccc5o4)cc3)c3ccc(-c4nc5ccccc5o4)cc3)cccc2c1. The Morgan fingerprint density at radius 3 is 1.49 bits per heavy atom. The van der Waals surface area contributed by atoms with Crippen molar-refractivity contribution in [3.63, 3.8) is 0 Å². The lowest BCUT2D eigenvalue weighted by Crippen LogP contribution is -2.10. The molecule has 8 aromatic rings. The molecule has 8 rings (SSSR count). The van der Waals surface area contributed by atoms with Gasteiger partial charge >= 0.3 is 0 Å². The Balaban J connectivity index is 1.22. The minimum absolute atomic E-state index is 0.608. The fourth-order valence-electron chi connectivity index (χ4n) is 5.33. The first-order valence-electron chi connectivity index (χ1n) is 13.5. The van der Waals surface area contributed by atoms with Crippen molar-refractivity contribution < 1.29 is 8.83 Å². The van der Waals surface area contributed by atoms with Crippen LogP contribution in [-0.2, 0) is 0 Å². The van der Waals surface area contributed by atoms with Gasteiger partial charge in [0.05, 0.1) is 5.69 Å². The van der Waals surface area contributed by atoms with Gasteiger partial charge in [-0.2, -0.15) is 0 Å². The Labute approximate surface area is 235 Å². The molecule has 0 spiro atoms. The van der Waals surface area contributed by atoms with Crippen molar-refractivity contribution in [3.05, 3.63) is 140 Å². The fraction of sp³-hybridized carbons (Fsp3) is 0. The third-order valence-electron chi connectivity index (χ3n) is 7.34. The van der Waals surface area contributed by atoms with Gasteiger partial charge in [-0.25, -0.2) is 9.97 Å². The van der Waals surface area contributed by atoms with Crippen molar-refractivity contribution in [2.45, 2.75) is 0 Å². The highest BCUT2D eigenvalue weighted by Gasteiger charge is 2.17. The molecular weight excluding hydrogens is 506 g/mol. The van der Waals surface area contributed by atoms with Gasteiger partial charge in [0, 0.05) is 27.9 Å².